The minimum absolute atomic E-state index is 0.532. The first-order valence-corrected chi connectivity index (χ1v) is 9.42. The number of hydrogen-bond acceptors (Lipinski definition) is 5. The summed E-state index contributed by atoms with van der Waals surface area (Å²) in [7, 11) is -1.36. The van der Waals surface area contributed by atoms with Gasteiger partial charge in [0.1, 0.15) is 0 Å². The van der Waals surface area contributed by atoms with Crippen molar-refractivity contribution in [1.29, 1.82) is 0 Å². The zero-order valence-corrected chi connectivity index (χ0v) is 14.7. The number of halogens is 12. The first-order chi connectivity index (χ1) is 9.33. The Hall–Kier alpha value is 1.63. The SMILES string of the molecule is FC(F)(F)SC(Cl)(Cl)SSC(F)(SC(F)(F)F)SC(F)(F)F. The van der Waals surface area contributed by atoms with Crippen LogP contribution in [0.3, 0.4) is 0 Å². The van der Waals surface area contributed by atoms with Crippen LogP contribution in [-0.4, -0.2) is 23.2 Å². The molecule has 0 N–H and O–H groups in total. The van der Waals surface area contributed by atoms with Crippen LogP contribution < -0.4 is 0 Å². The maximum absolute atomic E-state index is 13.8. The molecule has 0 aliphatic heterocycles. The first-order valence-electron chi connectivity index (χ1n) is 4.07. The van der Waals surface area contributed by atoms with Crippen LogP contribution in [0.2, 0.25) is 0 Å². The second-order valence-electron chi connectivity index (χ2n) is 2.75. The van der Waals surface area contributed by atoms with Gasteiger partial charge in [0.05, 0.1) is 0 Å². The van der Waals surface area contributed by atoms with E-state index in [0.29, 0.717) is 0 Å². The molecule has 0 rings (SSSR count). The van der Waals surface area contributed by atoms with E-state index in [9.17, 15) is 43.9 Å². The topological polar surface area (TPSA) is 0 Å². The normalized spacial score (nSPS) is 15.3. The molecule has 0 aromatic heterocycles. The van der Waals surface area contributed by atoms with Gasteiger partial charge in [-0.3, -0.25) is 0 Å². The molecule has 0 radical (unpaired) electrons. The molecule has 0 saturated carbocycles. The van der Waals surface area contributed by atoms with Crippen LogP contribution in [0, 0.1) is 0 Å². The van der Waals surface area contributed by atoms with E-state index >= 15 is 0 Å². The summed E-state index contributed by atoms with van der Waals surface area (Å²) in [5.74, 6) is 0. The molecule has 0 spiro atoms. The van der Waals surface area contributed by atoms with Crippen LogP contribution in [0.5, 0.6) is 0 Å². The Morgan fingerprint density at radius 3 is 1.09 bits per heavy atom. The Balaban J connectivity index is 5.00. The predicted octanol–water partition coefficient (Wildman–Crippen LogP) is 7.80. The second-order valence-corrected chi connectivity index (χ2v) is 12.3. The van der Waals surface area contributed by atoms with Gasteiger partial charge >= 0.3 is 16.5 Å². The molecule has 17 heteroatoms. The molecule has 0 fully saturated rings. The van der Waals surface area contributed by atoms with E-state index in [0.717, 1.165) is 0 Å². The predicted molar refractivity (Wildman–Crippen MR) is 74.4 cm³/mol. The van der Waals surface area contributed by atoms with Gasteiger partial charge in [-0.1, -0.05) is 23.2 Å². The van der Waals surface area contributed by atoms with Gasteiger partial charge in [0.2, 0.25) is 3.00 Å². The summed E-state index contributed by atoms with van der Waals surface area (Å²) in [6.45, 7) is 0. The van der Waals surface area contributed by atoms with E-state index in [1.54, 1.807) is 0 Å². The van der Waals surface area contributed by atoms with Gasteiger partial charge in [0, 0.05) is 35.3 Å². The molecule has 0 amide bonds. The van der Waals surface area contributed by atoms with Gasteiger partial charge in [-0.25, -0.2) is 4.39 Å². The van der Waals surface area contributed by atoms with E-state index in [-0.39, 0.29) is 0 Å². The molecule has 134 valence electrons. The minimum atomic E-state index is -5.42. The fourth-order valence-corrected chi connectivity index (χ4v) is 7.11. The Kier molecular flexibility index (Phi) is 8.48. The van der Waals surface area contributed by atoms with E-state index in [1.165, 1.54) is 0 Å². The molecule has 22 heavy (non-hydrogen) atoms. The van der Waals surface area contributed by atoms with Gasteiger partial charge in [-0.15, -0.1) is 0 Å². The van der Waals surface area contributed by atoms with Crippen LogP contribution in [0.25, 0.3) is 0 Å². The van der Waals surface area contributed by atoms with Crippen molar-refractivity contribution in [3.8, 4) is 0 Å². The first kappa shape index (κ1) is 23.6. The van der Waals surface area contributed by atoms with Gasteiger partial charge in [0.25, 0.3) is 3.66 Å². The van der Waals surface area contributed by atoms with Gasteiger partial charge in [0.15, 0.2) is 0 Å². The number of thioether (sulfide) groups is 3. The highest BCUT2D eigenvalue weighted by Gasteiger charge is 2.54. The Morgan fingerprint density at radius 2 is 0.818 bits per heavy atom. The van der Waals surface area contributed by atoms with Crippen molar-refractivity contribution in [2.45, 2.75) is 23.2 Å². The summed E-state index contributed by atoms with van der Waals surface area (Å²) in [6.07, 6.45) is 0. The summed E-state index contributed by atoms with van der Waals surface area (Å²) < 4.78 is 115. The lowest BCUT2D eigenvalue weighted by Gasteiger charge is -2.27. The molecular formula is C5Cl2F10S5. The highest BCUT2D eigenvalue weighted by molar-refractivity contribution is 8.83. The smallest absolute Gasteiger partial charge is 0.206 e. The van der Waals surface area contributed by atoms with Crippen molar-refractivity contribution >= 4 is 80.1 Å². The molecule has 0 aromatic rings. The summed E-state index contributed by atoms with van der Waals surface area (Å²) in [5.41, 5.74) is -15.9. The van der Waals surface area contributed by atoms with Crippen LogP contribution in [0.15, 0.2) is 0 Å². The highest BCUT2D eigenvalue weighted by atomic mass is 35.5. The molecule has 0 saturated heterocycles. The van der Waals surface area contributed by atoms with Gasteiger partial charge in [-0.05, 0) is 21.6 Å². The lowest BCUT2D eigenvalue weighted by atomic mass is 11.5. The molecule has 0 nitrogen and oxygen atoms in total. The lowest BCUT2D eigenvalue weighted by molar-refractivity contribution is -0.0367. The fraction of sp³-hybridized carbons (Fsp3) is 1.00. The van der Waals surface area contributed by atoms with Crippen molar-refractivity contribution < 1.29 is 43.9 Å². The van der Waals surface area contributed by atoms with Gasteiger partial charge in [-0.2, -0.15) is 39.5 Å². The van der Waals surface area contributed by atoms with Crippen LogP contribution in [0.4, 0.5) is 43.9 Å². The monoisotopic (exact) mass is 480 g/mol. The van der Waals surface area contributed by atoms with E-state index < -0.39 is 80.1 Å². The summed E-state index contributed by atoms with van der Waals surface area (Å²) in [6, 6.07) is 0. The largest absolute Gasteiger partial charge is 0.446 e. The zero-order valence-electron chi connectivity index (χ0n) is 9.08. The zero-order chi connectivity index (χ0) is 18.0. The number of alkyl halides is 12. The molecule has 0 unspecified atom stereocenters. The van der Waals surface area contributed by atoms with Crippen molar-refractivity contribution in [1.82, 2.24) is 0 Å². The summed E-state index contributed by atoms with van der Waals surface area (Å²) in [5, 5.41) is 0. The van der Waals surface area contributed by atoms with Gasteiger partial charge < -0.3 is 0 Å². The number of rotatable bonds is 6. The minimum Gasteiger partial charge on any atom is -0.206 e. The average Bonchev–Trinajstić information content (AvgIpc) is 2.04. The van der Waals surface area contributed by atoms with Crippen LogP contribution in [0.1, 0.15) is 0 Å². The Bertz CT molecular complexity index is 348. The van der Waals surface area contributed by atoms with Crippen molar-refractivity contribution in [3.63, 3.8) is 0 Å². The van der Waals surface area contributed by atoms with E-state index in [4.69, 9.17) is 23.2 Å². The van der Waals surface area contributed by atoms with Crippen molar-refractivity contribution in [2.75, 3.05) is 0 Å². The standard InChI is InChI=1S/C5Cl2F10S5/c6-1(7,18-2(8,9)10)21-22-5(17,19-3(11,12)13)20-4(14,15)16. The summed E-state index contributed by atoms with van der Waals surface area (Å²) in [4.78, 5) is 0. The lowest BCUT2D eigenvalue weighted by Crippen LogP contribution is -2.21. The molecule has 0 atom stereocenters. The van der Waals surface area contributed by atoms with Crippen molar-refractivity contribution in [3.05, 3.63) is 0 Å². The average molecular weight is 481 g/mol. The molecule has 0 aliphatic carbocycles. The highest BCUT2D eigenvalue weighted by Crippen LogP contribution is 2.67. The maximum atomic E-state index is 13.8. The fourth-order valence-electron chi connectivity index (χ4n) is 0.581. The van der Waals surface area contributed by atoms with E-state index in [1.807, 2.05) is 0 Å². The van der Waals surface area contributed by atoms with Crippen LogP contribution in [-0.2, 0) is 0 Å². The molecule has 0 heterocycles. The molecule has 0 aliphatic rings. The number of hydrogen-bond donors (Lipinski definition) is 0. The summed E-state index contributed by atoms with van der Waals surface area (Å²) >= 11 is 5.61. The Labute approximate surface area is 146 Å². The third-order valence-corrected chi connectivity index (χ3v) is 8.96. The Morgan fingerprint density at radius 1 is 0.500 bits per heavy atom. The molecule has 0 aromatic carbocycles. The third-order valence-electron chi connectivity index (χ3n) is 0.948. The second kappa shape index (κ2) is 7.89. The molecular weight excluding hydrogens is 481 g/mol. The quantitative estimate of drug-likeness (QED) is 0.164. The van der Waals surface area contributed by atoms with E-state index in [2.05, 4.69) is 0 Å². The van der Waals surface area contributed by atoms with Crippen LogP contribution >= 0.6 is 80.1 Å². The van der Waals surface area contributed by atoms with Crippen molar-refractivity contribution in [2.24, 2.45) is 0 Å². The third kappa shape index (κ3) is 13.0. The molecule has 0 bridgehead atoms. The maximum Gasteiger partial charge on any atom is 0.446 e.